The Labute approximate surface area is 146 Å². The number of nitrogens with one attached hydrogen (secondary N) is 1. The quantitative estimate of drug-likeness (QED) is 0.797. The molecule has 2 aromatic carbocycles. The highest BCUT2D eigenvalue weighted by molar-refractivity contribution is 5.99. The highest BCUT2D eigenvalue weighted by Gasteiger charge is 2.32. The van der Waals surface area contributed by atoms with Crippen LogP contribution in [0.3, 0.4) is 0 Å². The second-order valence-electron chi connectivity index (χ2n) is 6.37. The van der Waals surface area contributed by atoms with Crippen molar-refractivity contribution in [3.05, 3.63) is 60.4 Å². The van der Waals surface area contributed by atoms with Crippen LogP contribution in [-0.4, -0.2) is 28.5 Å². The molecule has 5 heteroatoms. The van der Waals surface area contributed by atoms with Crippen molar-refractivity contribution in [2.75, 3.05) is 16.8 Å². The van der Waals surface area contributed by atoms with E-state index in [1.54, 1.807) is 6.33 Å². The summed E-state index contributed by atoms with van der Waals surface area (Å²) in [6.07, 6.45) is 3.38. The van der Waals surface area contributed by atoms with Crippen molar-refractivity contribution in [3.63, 3.8) is 0 Å². The van der Waals surface area contributed by atoms with Gasteiger partial charge in [-0.25, -0.2) is 9.97 Å². The molecule has 4 rings (SSSR count). The number of hydrogen-bond acceptors (Lipinski definition) is 4. The Morgan fingerprint density at radius 2 is 1.92 bits per heavy atom. The minimum atomic E-state index is -0.210. The summed E-state index contributed by atoms with van der Waals surface area (Å²) in [5, 5.41) is 4.06. The molecule has 0 spiro atoms. The Balaban J connectivity index is 1.64. The molecule has 3 aromatic rings. The number of rotatable bonds is 3. The van der Waals surface area contributed by atoms with Gasteiger partial charge in [-0.1, -0.05) is 30.3 Å². The van der Waals surface area contributed by atoms with Crippen LogP contribution in [0.25, 0.3) is 10.9 Å². The third-order valence-corrected chi connectivity index (χ3v) is 4.75. The molecule has 0 unspecified atom stereocenters. The number of fused-ring (bicyclic) bond motifs is 1. The first-order valence-corrected chi connectivity index (χ1v) is 8.57. The summed E-state index contributed by atoms with van der Waals surface area (Å²) < 4.78 is 0. The molecule has 0 saturated carbocycles. The largest absolute Gasteiger partial charge is 0.344 e. The maximum atomic E-state index is 12.9. The molecular weight excluding hydrogens is 312 g/mol. The number of aromatic nitrogens is 2. The van der Waals surface area contributed by atoms with Crippen molar-refractivity contribution in [1.82, 2.24) is 9.97 Å². The number of carbonyl (C=O) groups excluding carboxylic acids is 1. The molecule has 1 aliphatic heterocycles. The first-order chi connectivity index (χ1) is 12.2. The normalized spacial score (nSPS) is 17.0. The van der Waals surface area contributed by atoms with Gasteiger partial charge in [0.1, 0.15) is 18.2 Å². The summed E-state index contributed by atoms with van der Waals surface area (Å²) in [6.45, 7) is 2.83. The fraction of sp³-hybridized carbons (Fsp3) is 0.250. The van der Waals surface area contributed by atoms with Gasteiger partial charge in [0.15, 0.2) is 0 Å². The molecule has 5 nitrogen and oxygen atoms in total. The predicted molar refractivity (Wildman–Crippen MR) is 99.7 cm³/mol. The van der Waals surface area contributed by atoms with Gasteiger partial charge in [0, 0.05) is 17.6 Å². The van der Waals surface area contributed by atoms with Gasteiger partial charge in [0.05, 0.1) is 5.52 Å². The van der Waals surface area contributed by atoms with E-state index in [1.165, 1.54) is 0 Å². The predicted octanol–water partition coefficient (Wildman–Crippen LogP) is 3.55. The van der Waals surface area contributed by atoms with Gasteiger partial charge in [0.25, 0.3) is 0 Å². The van der Waals surface area contributed by atoms with Crippen molar-refractivity contribution in [1.29, 1.82) is 0 Å². The molecule has 0 radical (unpaired) electrons. The number of carbonyl (C=O) groups is 1. The highest BCUT2D eigenvalue weighted by atomic mass is 16.2. The van der Waals surface area contributed by atoms with Crippen molar-refractivity contribution in [2.24, 2.45) is 0 Å². The van der Waals surface area contributed by atoms with Crippen LogP contribution in [-0.2, 0) is 4.79 Å². The lowest BCUT2D eigenvalue weighted by Crippen LogP contribution is -2.40. The zero-order valence-electron chi connectivity index (χ0n) is 14.1. The first-order valence-electron chi connectivity index (χ1n) is 8.57. The first kappa shape index (κ1) is 15.6. The number of para-hydroxylation sites is 2. The lowest BCUT2D eigenvalue weighted by Gasteiger charge is -2.26. The van der Waals surface area contributed by atoms with E-state index in [0.717, 1.165) is 47.4 Å². The van der Waals surface area contributed by atoms with Gasteiger partial charge in [0.2, 0.25) is 5.91 Å². The number of hydrogen-bond donors (Lipinski definition) is 1. The van der Waals surface area contributed by atoms with E-state index in [-0.39, 0.29) is 11.9 Å². The Morgan fingerprint density at radius 3 is 2.80 bits per heavy atom. The maximum absolute atomic E-state index is 12.9. The monoisotopic (exact) mass is 332 g/mol. The van der Waals surface area contributed by atoms with Gasteiger partial charge >= 0.3 is 0 Å². The molecule has 1 aliphatic rings. The van der Waals surface area contributed by atoms with Crippen LogP contribution in [0.5, 0.6) is 0 Å². The number of amides is 1. The lowest BCUT2D eigenvalue weighted by molar-refractivity contribution is -0.117. The molecule has 1 amide bonds. The van der Waals surface area contributed by atoms with Crippen molar-refractivity contribution in [2.45, 2.75) is 25.8 Å². The standard InChI is InChI=1S/C20H20N4O/c1-14-7-2-4-9-16(14)23-20(25)18-11-6-12-24(18)19-15-8-3-5-10-17(15)21-13-22-19/h2-5,7-10,13,18H,6,11-12H2,1H3,(H,23,25)/t18-/m0/s1. The molecule has 0 bridgehead atoms. The zero-order chi connectivity index (χ0) is 17.2. The molecule has 1 aromatic heterocycles. The molecule has 2 heterocycles. The molecular formula is C20H20N4O. The minimum absolute atomic E-state index is 0.0227. The molecule has 126 valence electrons. The average Bonchev–Trinajstić information content (AvgIpc) is 3.13. The smallest absolute Gasteiger partial charge is 0.247 e. The van der Waals surface area contributed by atoms with Crippen molar-refractivity contribution < 1.29 is 4.79 Å². The summed E-state index contributed by atoms with van der Waals surface area (Å²) in [7, 11) is 0. The summed E-state index contributed by atoms with van der Waals surface area (Å²) in [5.41, 5.74) is 2.83. The van der Waals surface area contributed by atoms with Crippen molar-refractivity contribution >= 4 is 28.3 Å². The Hall–Kier alpha value is -2.95. The van der Waals surface area contributed by atoms with E-state index >= 15 is 0 Å². The van der Waals surface area contributed by atoms with Crippen LogP contribution >= 0.6 is 0 Å². The lowest BCUT2D eigenvalue weighted by atomic mass is 10.1. The third-order valence-electron chi connectivity index (χ3n) is 4.75. The maximum Gasteiger partial charge on any atom is 0.247 e. The Morgan fingerprint density at radius 1 is 1.12 bits per heavy atom. The second kappa shape index (κ2) is 6.51. The van der Waals surface area contributed by atoms with Gasteiger partial charge in [-0.15, -0.1) is 0 Å². The topological polar surface area (TPSA) is 58.1 Å². The summed E-state index contributed by atoms with van der Waals surface area (Å²) in [5.74, 6) is 0.863. The van der Waals surface area contributed by atoms with Crippen LogP contribution in [0.2, 0.25) is 0 Å². The zero-order valence-corrected chi connectivity index (χ0v) is 14.1. The molecule has 0 aliphatic carbocycles. The summed E-state index contributed by atoms with van der Waals surface area (Å²) in [4.78, 5) is 23.8. The van der Waals surface area contributed by atoms with Gasteiger partial charge in [-0.05, 0) is 43.5 Å². The van der Waals surface area contributed by atoms with E-state index in [2.05, 4.69) is 20.2 Å². The van der Waals surface area contributed by atoms with Crippen LogP contribution in [0.15, 0.2) is 54.9 Å². The summed E-state index contributed by atoms with van der Waals surface area (Å²) in [6, 6.07) is 15.6. The highest BCUT2D eigenvalue weighted by Crippen LogP contribution is 2.30. The van der Waals surface area contributed by atoms with Crippen LogP contribution in [0.4, 0.5) is 11.5 Å². The van der Waals surface area contributed by atoms with E-state index in [0.29, 0.717) is 0 Å². The van der Waals surface area contributed by atoms with E-state index in [4.69, 9.17) is 0 Å². The number of anilines is 2. The number of nitrogens with zero attached hydrogens (tertiary/aromatic N) is 3. The molecule has 25 heavy (non-hydrogen) atoms. The molecule has 1 saturated heterocycles. The third kappa shape index (κ3) is 2.93. The molecule has 1 fully saturated rings. The van der Waals surface area contributed by atoms with Gasteiger partial charge < -0.3 is 10.2 Å². The van der Waals surface area contributed by atoms with Crippen molar-refractivity contribution in [3.8, 4) is 0 Å². The Bertz CT molecular complexity index is 919. The van der Waals surface area contributed by atoms with Crippen LogP contribution in [0.1, 0.15) is 18.4 Å². The number of aryl methyl sites for hydroxylation is 1. The Kier molecular flexibility index (Phi) is 4.06. The van der Waals surface area contributed by atoms with Crippen LogP contribution in [0, 0.1) is 6.92 Å². The second-order valence-corrected chi connectivity index (χ2v) is 6.37. The fourth-order valence-corrected chi connectivity index (χ4v) is 3.44. The SMILES string of the molecule is Cc1ccccc1NC(=O)[C@@H]1CCCN1c1ncnc2ccccc12. The molecule has 1 atom stereocenters. The summed E-state index contributed by atoms with van der Waals surface area (Å²) >= 11 is 0. The van der Waals surface area contributed by atoms with Crippen LogP contribution < -0.4 is 10.2 Å². The van der Waals surface area contributed by atoms with Gasteiger partial charge in [-0.2, -0.15) is 0 Å². The number of benzene rings is 2. The van der Waals surface area contributed by atoms with Gasteiger partial charge in [-0.3, -0.25) is 4.79 Å². The van der Waals surface area contributed by atoms with E-state index < -0.39 is 0 Å². The average molecular weight is 332 g/mol. The minimum Gasteiger partial charge on any atom is -0.344 e. The fourth-order valence-electron chi connectivity index (χ4n) is 3.44. The van der Waals surface area contributed by atoms with E-state index in [9.17, 15) is 4.79 Å². The molecule has 1 N–H and O–H groups in total. The van der Waals surface area contributed by atoms with E-state index in [1.807, 2.05) is 55.5 Å².